The molecule has 0 spiro atoms. The summed E-state index contributed by atoms with van der Waals surface area (Å²) in [6, 6.07) is 13.1. The first-order chi connectivity index (χ1) is 10.2. The lowest BCUT2D eigenvalue weighted by molar-refractivity contribution is 0.407. The number of aromatic nitrogens is 1. The number of rotatable bonds is 4. The highest BCUT2D eigenvalue weighted by Crippen LogP contribution is 2.22. The number of ether oxygens (including phenoxy) is 1. The molecule has 0 atom stereocenters. The maximum absolute atomic E-state index is 12.0. The van der Waals surface area contributed by atoms with Crippen molar-refractivity contribution in [1.29, 1.82) is 0 Å². The third kappa shape index (κ3) is 2.43. The molecule has 21 heavy (non-hydrogen) atoms. The first-order valence-electron chi connectivity index (χ1n) is 6.67. The van der Waals surface area contributed by atoms with Crippen LogP contribution >= 0.6 is 0 Å². The van der Waals surface area contributed by atoms with Crippen LogP contribution in [0.15, 0.2) is 51.7 Å². The highest BCUT2D eigenvalue weighted by atomic mass is 16.5. The van der Waals surface area contributed by atoms with E-state index in [1.807, 2.05) is 36.4 Å². The highest BCUT2D eigenvalue weighted by molar-refractivity contribution is 5.72. The van der Waals surface area contributed by atoms with Crippen molar-refractivity contribution in [2.24, 2.45) is 5.73 Å². The second-order valence-electron chi connectivity index (χ2n) is 4.77. The molecule has 1 heterocycles. The maximum atomic E-state index is 12.0. The van der Waals surface area contributed by atoms with Gasteiger partial charge in [0.1, 0.15) is 5.75 Å². The average molecular weight is 284 g/mol. The van der Waals surface area contributed by atoms with E-state index in [4.69, 9.17) is 14.9 Å². The lowest BCUT2D eigenvalue weighted by Crippen LogP contribution is -2.15. The van der Waals surface area contributed by atoms with Gasteiger partial charge in [0, 0.05) is 12.1 Å². The molecule has 5 nitrogen and oxygen atoms in total. The van der Waals surface area contributed by atoms with Gasteiger partial charge in [0.25, 0.3) is 0 Å². The van der Waals surface area contributed by atoms with Crippen LogP contribution in [0.4, 0.5) is 0 Å². The van der Waals surface area contributed by atoms with Crippen molar-refractivity contribution in [2.75, 3.05) is 7.11 Å². The standard InChI is InChI=1S/C16H16N2O3/c1-20-14-7-6-11(9-17)8-12(14)10-18-13-4-2-3-5-15(13)21-16(18)19/h2-8H,9-10,17H2,1H3. The van der Waals surface area contributed by atoms with E-state index < -0.39 is 0 Å². The van der Waals surface area contributed by atoms with Crippen LogP contribution < -0.4 is 16.2 Å². The number of oxazole rings is 1. The van der Waals surface area contributed by atoms with Gasteiger partial charge in [-0.3, -0.25) is 4.57 Å². The topological polar surface area (TPSA) is 70.4 Å². The minimum Gasteiger partial charge on any atom is -0.496 e. The molecule has 0 amide bonds. The summed E-state index contributed by atoms with van der Waals surface area (Å²) >= 11 is 0. The molecule has 0 aliphatic rings. The number of hydrogen-bond donors (Lipinski definition) is 1. The third-order valence-electron chi connectivity index (χ3n) is 3.48. The maximum Gasteiger partial charge on any atom is 0.420 e. The van der Waals surface area contributed by atoms with Gasteiger partial charge in [0.15, 0.2) is 5.58 Å². The van der Waals surface area contributed by atoms with Crippen molar-refractivity contribution in [1.82, 2.24) is 4.57 Å². The Morgan fingerprint density at radius 3 is 2.81 bits per heavy atom. The fraction of sp³-hybridized carbons (Fsp3) is 0.188. The summed E-state index contributed by atoms with van der Waals surface area (Å²) in [6.45, 7) is 0.824. The van der Waals surface area contributed by atoms with Crippen LogP contribution in [-0.4, -0.2) is 11.7 Å². The zero-order valence-corrected chi connectivity index (χ0v) is 11.7. The van der Waals surface area contributed by atoms with E-state index in [0.717, 1.165) is 22.4 Å². The number of fused-ring (bicyclic) bond motifs is 1. The number of para-hydroxylation sites is 2. The molecule has 108 valence electrons. The molecule has 0 aliphatic carbocycles. The molecule has 0 radical (unpaired) electrons. The van der Waals surface area contributed by atoms with Gasteiger partial charge in [0.2, 0.25) is 0 Å². The van der Waals surface area contributed by atoms with Crippen molar-refractivity contribution in [3.8, 4) is 5.75 Å². The summed E-state index contributed by atoms with van der Waals surface area (Å²) in [4.78, 5) is 12.0. The summed E-state index contributed by atoms with van der Waals surface area (Å²) in [5.41, 5.74) is 8.91. The summed E-state index contributed by atoms with van der Waals surface area (Å²) in [7, 11) is 1.61. The van der Waals surface area contributed by atoms with Gasteiger partial charge < -0.3 is 14.9 Å². The Kier molecular flexibility index (Phi) is 3.50. The van der Waals surface area contributed by atoms with Crippen LogP contribution in [0.2, 0.25) is 0 Å². The Morgan fingerprint density at radius 1 is 1.24 bits per heavy atom. The smallest absolute Gasteiger partial charge is 0.420 e. The van der Waals surface area contributed by atoms with Crippen LogP contribution in [0.25, 0.3) is 11.1 Å². The van der Waals surface area contributed by atoms with Crippen molar-refractivity contribution >= 4 is 11.1 Å². The van der Waals surface area contributed by atoms with Crippen LogP contribution in [0.5, 0.6) is 5.75 Å². The normalized spacial score (nSPS) is 11.0. The molecule has 2 N–H and O–H groups in total. The molecule has 0 bridgehead atoms. The Labute approximate surface area is 121 Å². The van der Waals surface area contributed by atoms with Gasteiger partial charge in [-0.05, 0) is 29.8 Å². The molecular weight excluding hydrogens is 268 g/mol. The van der Waals surface area contributed by atoms with Gasteiger partial charge in [0.05, 0.1) is 19.2 Å². The molecular formula is C16H16N2O3. The largest absolute Gasteiger partial charge is 0.496 e. The molecule has 5 heteroatoms. The average Bonchev–Trinajstić information content (AvgIpc) is 2.83. The lowest BCUT2D eigenvalue weighted by Gasteiger charge is -2.10. The van der Waals surface area contributed by atoms with Gasteiger partial charge >= 0.3 is 5.76 Å². The van der Waals surface area contributed by atoms with Gasteiger partial charge in [-0.15, -0.1) is 0 Å². The van der Waals surface area contributed by atoms with Crippen molar-refractivity contribution in [2.45, 2.75) is 13.1 Å². The minimum absolute atomic E-state index is 0.378. The van der Waals surface area contributed by atoms with E-state index in [9.17, 15) is 4.79 Å². The van der Waals surface area contributed by atoms with Gasteiger partial charge in [-0.25, -0.2) is 4.79 Å². The van der Waals surface area contributed by atoms with Crippen molar-refractivity contribution in [3.05, 3.63) is 64.1 Å². The molecule has 1 aromatic heterocycles. The van der Waals surface area contributed by atoms with E-state index in [-0.39, 0.29) is 5.76 Å². The second-order valence-corrected chi connectivity index (χ2v) is 4.77. The summed E-state index contributed by atoms with van der Waals surface area (Å²) in [5.74, 6) is 0.348. The van der Waals surface area contributed by atoms with E-state index >= 15 is 0 Å². The van der Waals surface area contributed by atoms with Crippen LogP contribution in [-0.2, 0) is 13.1 Å². The zero-order valence-electron chi connectivity index (χ0n) is 11.7. The van der Waals surface area contributed by atoms with E-state index in [2.05, 4.69) is 0 Å². The van der Waals surface area contributed by atoms with Crippen LogP contribution in [0, 0.1) is 0 Å². The Hall–Kier alpha value is -2.53. The summed E-state index contributed by atoms with van der Waals surface area (Å²) in [5, 5.41) is 0. The number of nitrogens with two attached hydrogens (primary N) is 1. The van der Waals surface area contributed by atoms with E-state index in [0.29, 0.717) is 18.7 Å². The van der Waals surface area contributed by atoms with E-state index in [1.165, 1.54) is 0 Å². The van der Waals surface area contributed by atoms with Crippen molar-refractivity contribution in [3.63, 3.8) is 0 Å². The molecule has 0 saturated carbocycles. The van der Waals surface area contributed by atoms with Gasteiger partial charge in [-0.2, -0.15) is 0 Å². The first-order valence-corrected chi connectivity index (χ1v) is 6.67. The number of methoxy groups -OCH3 is 1. The molecule has 3 rings (SSSR count). The monoisotopic (exact) mass is 284 g/mol. The number of benzene rings is 2. The Morgan fingerprint density at radius 2 is 2.05 bits per heavy atom. The molecule has 0 unspecified atom stereocenters. The van der Waals surface area contributed by atoms with Gasteiger partial charge in [-0.1, -0.05) is 18.2 Å². The second kappa shape index (κ2) is 5.46. The molecule has 2 aromatic carbocycles. The fourth-order valence-electron chi connectivity index (χ4n) is 2.42. The van der Waals surface area contributed by atoms with Crippen molar-refractivity contribution < 1.29 is 9.15 Å². The predicted molar refractivity (Wildman–Crippen MR) is 80.5 cm³/mol. The quantitative estimate of drug-likeness (QED) is 0.796. The van der Waals surface area contributed by atoms with Crippen LogP contribution in [0.3, 0.4) is 0 Å². The highest BCUT2D eigenvalue weighted by Gasteiger charge is 2.12. The minimum atomic E-state index is -0.378. The zero-order chi connectivity index (χ0) is 14.8. The first kappa shape index (κ1) is 13.5. The Bertz CT molecular complexity index is 833. The summed E-state index contributed by atoms with van der Waals surface area (Å²) in [6.07, 6.45) is 0. The Balaban J connectivity index is 2.10. The molecule has 0 saturated heterocycles. The molecule has 0 fully saturated rings. The SMILES string of the molecule is COc1ccc(CN)cc1Cn1c(=O)oc2ccccc21. The lowest BCUT2D eigenvalue weighted by atomic mass is 10.1. The van der Waals surface area contributed by atoms with E-state index in [1.54, 1.807) is 17.7 Å². The fourth-order valence-corrected chi connectivity index (χ4v) is 2.42. The molecule has 0 aliphatic heterocycles. The molecule has 3 aromatic rings. The summed E-state index contributed by atoms with van der Waals surface area (Å²) < 4.78 is 12.2. The third-order valence-corrected chi connectivity index (χ3v) is 3.48. The van der Waals surface area contributed by atoms with Crippen LogP contribution in [0.1, 0.15) is 11.1 Å². The number of nitrogens with zero attached hydrogens (tertiary/aromatic N) is 1. The predicted octanol–water partition coefficient (Wildman–Crippen LogP) is 2.11. The number of hydrogen-bond acceptors (Lipinski definition) is 4.